The minimum absolute atomic E-state index is 0.0416. The number of aromatic nitrogens is 1. The van der Waals surface area contributed by atoms with E-state index in [0.717, 1.165) is 5.69 Å². The molecule has 2 atom stereocenters. The lowest BCUT2D eigenvalue weighted by Crippen LogP contribution is -2.38. The Morgan fingerprint density at radius 2 is 2.11 bits per heavy atom. The quantitative estimate of drug-likeness (QED) is 0.881. The van der Waals surface area contributed by atoms with Gasteiger partial charge in [-0.3, -0.25) is 4.79 Å². The second-order valence-electron chi connectivity index (χ2n) is 5.70. The van der Waals surface area contributed by atoms with Crippen LogP contribution in [0.3, 0.4) is 0 Å². The molecular weight excluding hydrogens is 248 g/mol. The van der Waals surface area contributed by atoms with Gasteiger partial charge in [0.15, 0.2) is 0 Å². The Bertz CT molecular complexity index is 409. The molecule has 0 bridgehead atoms. The summed E-state index contributed by atoms with van der Waals surface area (Å²) >= 11 is 1.36. The van der Waals surface area contributed by atoms with Gasteiger partial charge in [0, 0.05) is 18.1 Å². The third kappa shape index (κ3) is 3.53. The minimum atomic E-state index is -0.140. The SMILES string of the molecule is CC(CO)C(C)NC(=O)c1scnc1C(C)(C)C. The van der Waals surface area contributed by atoms with Crippen molar-refractivity contribution in [2.24, 2.45) is 5.92 Å². The number of nitrogens with zero attached hydrogens (tertiary/aromatic N) is 1. The zero-order chi connectivity index (χ0) is 13.9. The van der Waals surface area contributed by atoms with Crippen molar-refractivity contribution in [3.05, 3.63) is 16.1 Å². The third-order valence-corrected chi connectivity index (χ3v) is 3.81. The molecule has 0 saturated heterocycles. The first kappa shape index (κ1) is 15.1. The fraction of sp³-hybridized carbons (Fsp3) is 0.692. The zero-order valence-electron chi connectivity index (χ0n) is 11.7. The Morgan fingerprint density at radius 3 is 2.61 bits per heavy atom. The highest BCUT2D eigenvalue weighted by Crippen LogP contribution is 2.27. The number of amides is 1. The third-order valence-electron chi connectivity index (χ3n) is 2.98. The monoisotopic (exact) mass is 270 g/mol. The first-order valence-corrected chi connectivity index (χ1v) is 7.01. The lowest BCUT2D eigenvalue weighted by atomic mass is 9.91. The molecule has 0 aliphatic heterocycles. The van der Waals surface area contributed by atoms with Crippen molar-refractivity contribution in [2.45, 2.75) is 46.1 Å². The maximum atomic E-state index is 12.2. The van der Waals surface area contributed by atoms with Gasteiger partial charge in [0.05, 0.1) is 11.2 Å². The van der Waals surface area contributed by atoms with Crippen LogP contribution in [0, 0.1) is 5.92 Å². The van der Waals surface area contributed by atoms with Gasteiger partial charge in [-0.05, 0) is 12.8 Å². The summed E-state index contributed by atoms with van der Waals surface area (Å²) in [5, 5.41) is 12.0. The molecule has 2 unspecified atom stereocenters. The van der Waals surface area contributed by atoms with E-state index in [1.165, 1.54) is 11.3 Å². The largest absolute Gasteiger partial charge is 0.396 e. The van der Waals surface area contributed by atoms with Gasteiger partial charge in [-0.15, -0.1) is 11.3 Å². The molecule has 0 spiro atoms. The average Bonchev–Trinajstić information content (AvgIpc) is 2.76. The van der Waals surface area contributed by atoms with Crippen LogP contribution in [0.25, 0.3) is 0 Å². The molecule has 4 nitrogen and oxygen atoms in total. The molecule has 1 amide bonds. The number of carbonyl (C=O) groups is 1. The molecule has 1 rings (SSSR count). The lowest BCUT2D eigenvalue weighted by Gasteiger charge is -2.21. The highest BCUT2D eigenvalue weighted by molar-refractivity contribution is 7.11. The molecule has 102 valence electrons. The van der Waals surface area contributed by atoms with Gasteiger partial charge >= 0.3 is 0 Å². The van der Waals surface area contributed by atoms with Gasteiger partial charge in [0.1, 0.15) is 4.88 Å². The summed E-state index contributed by atoms with van der Waals surface area (Å²) in [5.74, 6) is -0.0600. The van der Waals surface area contributed by atoms with E-state index in [-0.39, 0.29) is 29.9 Å². The molecular formula is C13H22N2O2S. The Hall–Kier alpha value is -0.940. The number of hydrogen-bond donors (Lipinski definition) is 2. The summed E-state index contributed by atoms with van der Waals surface area (Å²) in [4.78, 5) is 17.1. The van der Waals surface area contributed by atoms with Gasteiger partial charge in [0.25, 0.3) is 5.91 Å². The first-order valence-electron chi connectivity index (χ1n) is 6.13. The fourth-order valence-electron chi connectivity index (χ4n) is 1.51. The Kier molecular flexibility index (Phi) is 4.87. The normalized spacial score (nSPS) is 15.2. The summed E-state index contributed by atoms with van der Waals surface area (Å²) in [7, 11) is 0. The molecule has 5 heteroatoms. The molecule has 0 aromatic carbocycles. The smallest absolute Gasteiger partial charge is 0.263 e. The van der Waals surface area contributed by atoms with E-state index in [1.54, 1.807) is 5.51 Å². The van der Waals surface area contributed by atoms with Gasteiger partial charge < -0.3 is 10.4 Å². The van der Waals surface area contributed by atoms with Crippen molar-refractivity contribution < 1.29 is 9.90 Å². The van der Waals surface area contributed by atoms with Crippen molar-refractivity contribution in [3.63, 3.8) is 0 Å². The Labute approximate surface area is 112 Å². The molecule has 0 aliphatic carbocycles. The van der Waals surface area contributed by atoms with Crippen LogP contribution in [0.15, 0.2) is 5.51 Å². The number of thiazole rings is 1. The van der Waals surface area contributed by atoms with E-state index >= 15 is 0 Å². The average molecular weight is 270 g/mol. The van der Waals surface area contributed by atoms with Gasteiger partial charge in [-0.2, -0.15) is 0 Å². The van der Waals surface area contributed by atoms with Crippen LogP contribution >= 0.6 is 11.3 Å². The molecule has 0 radical (unpaired) electrons. The van der Waals surface area contributed by atoms with E-state index in [2.05, 4.69) is 10.3 Å². The Balaban J connectivity index is 2.83. The summed E-state index contributed by atoms with van der Waals surface area (Å²) in [6.07, 6.45) is 0. The van der Waals surface area contributed by atoms with Gasteiger partial charge in [-0.1, -0.05) is 27.7 Å². The van der Waals surface area contributed by atoms with Gasteiger partial charge in [-0.25, -0.2) is 4.98 Å². The first-order chi connectivity index (χ1) is 8.27. The molecule has 1 aromatic heterocycles. The van der Waals surface area contributed by atoms with Gasteiger partial charge in [0.2, 0.25) is 0 Å². The van der Waals surface area contributed by atoms with Crippen LogP contribution in [0.5, 0.6) is 0 Å². The second-order valence-corrected chi connectivity index (χ2v) is 6.56. The summed E-state index contributed by atoms with van der Waals surface area (Å²) in [5.41, 5.74) is 2.39. The van der Waals surface area contributed by atoms with Crippen molar-refractivity contribution >= 4 is 17.2 Å². The number of hydrogen-bond acceptors (Lipinski definition) is 4. The van der Waals surface area contributed by atoms with E-state index in [1.807, 2.05) is 34.6 Å². The highest BCUT2D eigenvalue weighted by atomic mass is 32.1. The molecule has 0 saturated carbocycles. The van der Waals surface area contributed by atoms with E-state index < -0.39 is 0 Å². The van der Waals surface area contributed by atoms with E-state index in [0.29, 0.717) is 4.88 Å². The van der Waals surface area contributed by atoms with Crippen LogP contribution in [0.2, 0.25) is 0 Å². The standard InChI is InChI=1S/C13H22N2O2S/c1-8(6-16)9(2)15-12(17)10-11(13(3,4)5)14-7-18-10/h7-9,16H,6H2,1-5H3,(H,15,17). The summed E-state index contributed by atoms with van der Waals surface area (Å²) in [6, 6.07) is -0.0579. The van der Waals surface area contributed by atoms with Crippen molar-refractivity contribution in [1.29, 1.82) is 0 Å². The van der Waals surface area contributed by atoms with Crippen molar-refractivity contribution in [2.75, 3.05) is 6.61 Å². The van der Waals surface area contributed by atoms with Crippen molar-refractivity contribution in [3.8, 4) is 0 Å². The van der Waals surface area contributed by atoms with E-state index in [4.69, 9.17) is 5.11 Å². The molecule has 0 aliphatic rings. The molecule has 0 fully saturated rings. The summed E-state index contributed by atoms with van der Waals surface area (Å²) < 4.78 is 0. The minimum Gasteiger partial charge on any atom is -0.396 e. The predicted molar refractivity (Wildman–Crippen MR) is 74.0 cm³/mol. The van der Waals surface area contributed by atoms with Crippen LogP contribution in [0.1, 0.15) is 50.0 Å². The molecule has 2 N–H and O–H groups in total. The zero-order valence-corrected chi connectivity index (χ0v) is 12.5. The van der Waals surface area contributed by atoms with Crippen molar-refractivity contribution in [1.82, 2.24) is 10.3 Å². The fourth-order valence-corrected chi connectivity index (χ4v) is 2.41. The van der Waals surface area contributed by atoms with Crippen LogP contribution < -0.4 is 5.32 Å². The number of nitrogens with one attached hydrogen (secondary N) is 1. The molecule has 18 heavy (non-hydrogen) atoms. The second kappa shape index (κ2) is 5.80. The summed E-state index contributed by atoms with van der Waals surface area (Å²) in [6.45, 7) is 9.99. The number of carbonyl (C=O) groups excluding carboxylic acids is 1. The topological polar surface area (TPSA) is 62.2 Å². The molecule has 1 aromatic rings. The van der Waals surface area contributed by atoms with E-state index in [9.17, 15) is 4.79 Å². The van der Waals surface area contributed by atoms with Crippen LogP contribution in [-0.2, 0) is 5.41 Å². The Morgan fingerprint density at radius 1 is 1.50 bits per heavy atom. The van der Waals surface area contributed by atoms with Crippen LogP contribution in [0.4, 0.5) is 0 Å². The number of rotatable bonds is 4. The maximum Gasteiger partial charge on any atom is 0.263 e. The maximum absolute atomic E-state index is 12.2. The number of aliphatic hydroxyl groups excluding tert-OH is 1. The highest BCUT2D eigenvalue weighted by Gasteiger charge is 2.26. The lowest BCUT2D eigenvalue weighted by molar-refractivity contribution is 0.0918. The predicted octanol–water partition coefficient (Wildman–Crippen LogP) is 2.19. The van der Waals surface area contributed by atoms with Crippen LogP contribution in [-0.4, -0.2) is 28.6 Å². The molecule has 1 heterocycles. The number of aliphatic hydroxyl groups is 1.